The SMILES string of the molecule is COCCCCCNC1CCC(C)c2ccccc21. The molecular formula is C17H27NO. The molecule has 0 amide bonds. The van der Waals surface area contributed by atoms with E-state index >= 15 is 0 Å². The molecule has 106 valence electrons. The number of hydrogen-bond acceptors (Lipinski definition) is 2. The molecule has 1 aromatic carbocycles. The number of fused-ring (bicyclic) bond motifs is 1. The zero-order valence-electron chi connectivity index (χ0n) is 12.3. The van der Waals surface area contributed by atoms with Crippen molar-refractivity contribution < 1.29 is 4.74 Å². The lowest BCUT2D eigenvalue weighted by Gasteiger charge is -2.30. The van der Waals surface area contributed by atoms with Crippen LogP contribution in [0.2, 0.25) is 0 Å². The summed E-state index contributed by atoms with van der Waals surface area (Å²) in [5.74, 6) is 0.718. The minimum absolute atomic E-state index is 0.565. The number of hydrogen-bond donors (Lipinski definition) is 1. The van der Waals surface area contributed by atoms with Crippen molar-refractivity contribution in [2.24, 2.45) is 0 Å². The highest BCUT2D eigenvalue weighted by Gasteiger charge is 2.23. The topological polar surface area (TPSA) is 21.3 Å². The van der Waals surface area contributed by atoms with Gasteiger partial charge < -0.3 is 10.1 Å². The molecular weight excluding hydrogens is 234 g/mol. The van der Waals surface area contributed by atoms with Crippen molar-refractivity contribution >= 4 is 0 Å². The zero-order valence-corrected chi connectivity index (χ0v) is 12.3. The Morgan fingerprint density at radius 1 is 1.11 bits per heavy atom. The lowest BCUT2D eigenvalue weighted by atomic mass is 9.81. The Labute approximate surface area is 117 Å². The highest BCUT2D eigenvalue weighted by atomic mass is 16.5. The van der Waals surface area contributed by atoms with Gasteiger partial charge in [-0.15, -0.1) is 0 Å². The van der Waals surface area contributed by atoms with Gasteiger partial charge in [0.15, 0.2) is 0 Å². The van der Waals surface area contributed by atoms with Crippen LogP contribution in [0.4, 0.5) is 0 Å². The van der Waals surface area contributed by atoms with E-state index in [4.69, 9.17) is 4.74 Å². The Morgan fingerprint density at radius 3 is 2.68 bits per heavy atom. The number of rotatable bonds is 7. The van der Waals surface area contributed by atoms with Crippen LogP contribution in [0.3, 0.4) is 0 Å². The van der Waals surface area contributed by atoms with Gasteiger partial charge in [0.1, 0.15) is 0 Å². The molecule has 2 nitrogen and oxygen atoms in total. The number of methoxy groups -OCH3 is 1. The second-order valence-corrected chi connectivity index (χ2v) is 5.67. The molecule has 0 aromatic heterocycles. The van der Waals surface area contributed by atoms with Gasteiger partial charge in [0, 0.05) is 19.8 Å². The van der Waals surface area contributed by atoms with Gasteiger partial charge in [0.25, 0.3) is 0 Å². The molecule has 0 saturated heterocycles. The van der Waals surface area contributed by atoms with E-state index in [0.717, 1.165) is 19.1 Å². The lowest BCUT2D eigenvalue weighted by molar-refractivity contribution is 0.192. The average molecular weight is 261 g/mol. The van der Waals surface area contributed by atoms with E-state index in [9.17, 15) is 0 Å². The van der Waals surface area contributed by atoms with Gasteiger partial charge >= 0.3 is 0 Å². The van der Waals surface area contributed by atoms with E-state index in [1.165, 1.54) is 37.7 Å². The maximum absolute atomic E-state index is 5.08. The summed E-state index contributed by atoms with van der Waals surface area (Å²) < 4.78 is 5.08. The van der Waals surface area contributed by atoms with E-state index in [-0.39, 0.29) is 0 Å². The number of unbranched alkanes of at least 4 members (excludes halogenated alkanes) is 2. The first kappa shape index (κ1) is 14.5. The van der Waals surface area contributed by atoms with E-state index in [0.29, 0.717) is 6.04 Å². The van der Waals surface area contributed by atoms with Gasteiger partial charge in [0.2, 0.25) is 0 Å². The summed E-state index contributed by atoms with van der Waals surface area (Å²) in [5.41, 5.74) is 3.07. The lowest BCUT2D eigenvalue weighted by Crippen LogP contribution is -2.27. The molecule has 2 heteroatoms. The molecule has 19 heavy (non-hydrogen) atoms. The monoisotopic (exact) mass is 261 g/mol. The average Bonchev–Trinajstić information content (AvgIpc) is 2.45. The predicted molar refractivity (Wildman–Crippen MR) is 80.6 cm³/mol. The molecule has 0 aliphatic heterocycles. The summed E-state index contributed by atoms with van der Waals surface area (Å²) in [6, 6.07) is 9.50. The quantitative estimate of drug-likeness (QED) is 0.748. The number of nitrogens with one attached hydrogen (secondary N) is 1. The summed E-state index contributed by atoms with van der Waals surface area (Å²) >= 11 is 0. The fourth-order valence-corrected chi connectivity index (χ4v) is 3.04. The first-order chi connectivity index (χ1) is 9.33. The molecule has 0 bridgehead atoms. The maximum atomic E-state index is 5.08. The van der Waals surface area contributed by atoms with Crippen molar-refractivity contribution in [1.82, 2.24) is 5.32 Å². The molecule has 1 N–H and O–H groups in total. The molecule has 1 aliphatic carbocycles. The summed E-state index contributed by atoms with van der Waals surface area (Å²) in [6.45, 7) is 4.36. The van der Waals surface area contributed by atoms with Crippen molar-refractivity contribution in [3.8, 4) is 0 Å². The zero-order chi connectivity index (χ0) is 13.5. The Morgan fingerprint density at radius 2 is 1.89 bits per heavy atom. The van der Waals surface area contributed by atoms with Crippen LogP contribution in [0, 0.1) is 0 Å². The Hall–Kier alpha value is -0.860. The first-order valence-corrected chi connectivity index (χ1v) is 7.64. The molecule has 0 spiro atoms. The van der Waals surface area contributed by atoms with Gasteiger partial charge in [-0.3, -0.25) is 0 Å². The van der Waals surface area contributed by atoms with Crippen molar-refractivity contribution in [1.29, 1.82) is 0 Å². The van der Waals surface area contributed by atoms with E-state index in [2.05, 4.69) is 36.5 Å². The van der Waals surface area contributed by atoms with Crippen molar-refractivity contribution in [2.75, 3.05) is 20.3 Å². The largest absolute Gasteiger partial charge is 0.385 e. The van der Waals surface area contributed by atoms with Crippen LogP contribution >= 0.6 is 0 Å². The molecule has 2 unspecified atom stereocenters. The van der Waals surface area contributed by atoms with Crippen LogP contribution in [0.15, 0.2) is 24.3 Å². The highest BCUT2D eigenvalue weighted by Crippen LogP contribution is 2.36. The van der Waals surface area contributed by atoms with Crippen molar-refractivity contribution in [3.63, 3.8) is 0 Å². The molecule has 0 saturated carbocycles. The van der Waals surface area contributed by atoms with Gasteiger partial charge in [-0.25, -0.2) is 0 Å². The Bertz CT molecular complexity index is 377. The second-order valence-electron chi connectivity index (χ2n) is 5.67. The molecule has 1 aliphatic rings. The fraction of sp³-hybridized carbons (Fsp3) is 0.647. The van der Waals surface area contributed by atoms with Gasteiger partial charge in [-0.05, 0) is 55.7 Å². The third kappa shape index (κ3) is 4.05. The minimum Gasteiger partial charge on any atom is -0.385 e. The summed E-state index contributed by atoms with van der Waals surface area (Å²) in [6.07, 6.45) is 6.26. The number of benzene rings is 1. The summed E-state index contributed by atoms with van der Waals surface area (Å²) in [4.78, 5) is 0. The van der Waals surface area contributed by atoms with Crippen LogP contribution in [-0.2, 0) is 4.74 Å². The van der Waals surface area contributed by atoms with E-state index in [1.54, 1.807) is 12.7 Å². The van der Waals surface area contributed by atoms with Crippen LogP contribution in [0.25, 0.3) is 0 Å². The molecule has 0 heterocycles. The van der Waals surface area contributed by atoms with Gasteiger partial charge in [-0.1, -0.05) is 31.2 Å². The van der Waals surface area contributed by atoms with Crippen LogP contribution in [-0.4, -0.2) is 20.3 Å². The first-order valence-electron chi connectivity index (χ1n) is 7.64. The van der Waals surface area contributed by atoms with Gasteiger partial charge in [-0.2, -0.15) is 0 Å². The van der Waals surface area contributed by atoms with Crippen LogP contribution < -0.4 is 5.32 Å². The third-order valence-corrected chi connectivity index (χ3v) is 4.21. The normalized spacial score (nSPS) is 22.2. The smallest absolute Gasteiger partial charge is 0.0462 e. The predicted octanol–water partition coefficient (Wildman–Crippen LogP) is 4.03. The Kier molecular flexibility index (Phi) is 5.87. The van der Waals surface area contributed by atoms with Crippen molar-refractivity contribution in [3.05, 3.63) is 35.4 Å². The standard InChI is InChI=1S/C17H27NO/c1-14-10-11-17(16-9-5-4-8-15(14)16)18-12-6-3-7-13-19-2/h4-5,8-9,14,17-18H,3,6-7,10-13H2,1-2H3. The summed E-state index contributed by atoms with van der Waals surface area (Å²) in [5, 5.41) is 3.73. The highest BCUT2D eigenvalue weighted by molar-refractivity contribution is 5.34. The van der Waals surface area contributed by atoms with Crippen LogP contribution in [0.1, 0.15) is 62.1 Å². The molecule has 2 rings (SSSR count). The Balaban J connectivity index is 1.80. The van der Waals surface area contributed by atoms with E-state index < -0.39 is 0 Å². The van der Waals surface area contributed by atoms with Gasteiger partial charge in [0.05, 0.1) is 0 Å². The molecule has 2 atom stereocenters. The molecule has 0 radical (unpaired) electrons. The van der Waals surface area contributed by atoms with E-state index in [1.807, 2.05) is 0 Å². The summed E-state index contributed by atoms with van der Waals surface area (Å²) in [7, 11) is 1.78. The number of ether oxygens (including phenoxy) is 1. The van der Waals surface area contributed by atoms with Crippen molar-refractivity contribution in [2.45, 2.75) is 51.0 Å². The van der Waals surface area contributed by atoms with Crippen LogP contribution in [0.5, 0.6) is 0 Å². The molecule has 0 fully saturated rings. The second kappa shape index (κ2) is 7.66. The maximum Gasteiger partial charge on any atom is 0.0462 e. The minimum atomic E-state index is 0.565. The fourth-order valence-electron chi connectivity index (χ4n) is 3.04. The third-order valence-electron chi connectivity index (χ3n) is 4.21. The molecule has 1 aromatic rings.